The van der Waals surface area contributed by atoms with Crippen LogP contribution in [0.4, 0.5) is 0 Å². The van der Waals surface area contributed by atoms with Gasteiger partial charge in [0.2, 0.25) is 0 Å². The monoisotopic (exact) mass is 345 g/mol. The van der Waals surface area contributed by atoms with Gasteiger partial charge in [-0.15, -0.1) is 0 Å². The van der Waals surface area contributed by atoms with Crippen LogP contribution in [-0.4, -0.2) is 24.2 Å². The molecule has 0 spiro atoms. The van der Waals surface area contributed by atoms with Crippen molar-refractivity contribution in [3.05, 3.63) is 70.7 Å². The van der Waals surface area contributed by atoms with Gasteiger partial charge in [0.25, 0.3) is 5.91 Å². The van der Waals surface area contributed by atoms with Crippen LogP contribution in [0.1, 0.15) is 29.8 Å². The summed E-state index contributed by atoms with van der Waals surface area (Å²) in [5.74, 6) is -0.253. The summed E-state index contributed by atoms with van der Waals surface area (Å²) < 4.78 is 5.81. The van der Waals surface area contributed by atoms with Gasteiger partial charge in [0.15, 0.2) is 6.10 Å². The number of hydrogen-bond acceptors (Lipinski definition) is 3. The Bertz CT molecular complexity index is 692. The van der Waals surface area contributed by atoms with Crippen molar-refractivity contribution in [2.24, 2.45) is 5.92 Å². The van der Waals surface area contributed by atoms with Crippen molar-refractivity contribution in [3.8, 4) is 0 Å². The van der Waals surface area contributed by atoms with Crippen molar-refractivity contribution in [1.82, 2.24) is 5.32 Å². The molecule has 0 saturated carbocycles. The quantitative estimate of drug-likeness (QED) is 0.874. The molecular formula is C19H20ClNO3. The number of carbonyl (C=O) groups is 1. The van der Waals surface area contributed by atoms with Gasteiger partial charge in [0, 0.05) is 29.7 Å². The van der Waals surface area contributed by atoms with Crippen LogP contribution < -0.4 is 5.32 Å². The van der Waals surface area contributed by atoms with Crippen LogP contribution in [0.2, 0.25) is 5.02 Å². The molecule has 0 bridgehead atoms. The number of ether oxygens (including phenoxy) is 1. The molecule has 3 rings (SSSR count). The lowest BCUT2D eigenvalue weighted by molar-refractivity contribution is -0.129. The van der Waals surface area contributed by atoms with Gasteiger partial charge >= 0.3 is 0 Å². The van der Waals surface area contributed by atoms with Gasteiger partial charge in [-0.25, -0.2) is 0 Å². The first-order valence-electron chi connectivity index (χ1n) is 8.03. The van der Waals surface area contributed by atoms with E-state index in [1.165, 1.54) is 0 Å². The van der Waals surface area contributed by atoms with E-state index in [0.29, 0.717) is 23.7 Å². The molecule has 0 radical (unpaired) electrons. The van der Waals surface area contributed by atoms with E-state index in [4.69, 9.17) is 16.3 Å². The number of halogens is 1. The molecule has 1 aliphatic heterocycles. The summed E-state index contributed by atoms with van der Waals surface area (Å²) in [7, 11) is 0. The molecule has 1 aliphatic rings. The van der Waals surface area contributed by atoms with Crippen LogP contribution in [0, 0.1) is 5.92 Å². The predicted octanol–water partition coefficient (Wildman–Crippen LogP) is 3.27. The van der Waals surface area contributed by atoms with Gasteiger partial charge in [-0.05, 0) is 18.1 Å². The van der Waals surface area contributed by atoms with E-state index in [9.17, 15) is 9.90 Å². The van der Waals surface area contributed by atoms with Crippen LogP contribution in [0.15, 0.2) is 54.6 Å². The Morgan fingerprint density at radius 3 is 2.67 bits per heavy atom. The molecule has 0 unspecified atom stereocenters. The zero-order valence-electron chi connectivity index (χ0n) is 13.2. The van der Waals surface area contributed by atoms with Gasteiger partial charge < -0.3 is 15.2 Å². The van der Waals surface area contributed by atoms with Crippen molar-refractivity contribution >= 4 is 17.5 Å². The minimum atomic E-state index is -1.27. The number of rotatable bonds is 5. The second-order valence-electron chi connectivity index (χ2n) is 5.92. The number of amides is 1. The second-order valence-corrected chi connectivity index (χ2v) is 6.33. The molecule has 4 nitrogen and oxygen atoms in total. The third-order valence-corrected chi connectivity index (χ3v) is 4.67. The van der Waals surface area contributed by atoms with Crippen LogP contribution >= 0.6 is 11.6 Å². The Morgan fingerprint density at radius 1 is 1.21 bits per heavy atom. The minimum absolute atomic E-state index is 0.0241. The Hall–Kier alpha value is -1.88. The zero-order chi connectivity index (χ0) is 16.9. The SMILES string of the molecule is O=C(NC[C@H]1CCO[C@H]1c1ccccc1)[C@H](O)c1ccccc1Cl. The maximum absolute atomic E-state index is 12.2. The molecule has 24 heavy (non-hydrogen) atoms. The first-order valence-corrected chi connectivity index (χ1v) is 8.41. The summed E-state index contributed by atoms with van der Waals surface area (Å²) in [5.41, 5.74) is 1.53. The van der Waals surface area contributed by atoms with Crippen molar-refractivity contribution in [1.29, 1.82) is 0 Å². The topological polar surface area (TPSA) is 58.6 Å². The van der Waals surface area contributed by atoms with Crippen LogP contribution in [-0.2, 0) is 9.53 Å². The van der Waals surface area contributed by atoms with Crippen molar-refractivity contribution < 1.29 is 14.6 Å². The third-order valence-electron chi connectivity index (χ3n) is 4.33. The van der Waals surface area contributed by atoms with Crippen LogP contribution in [0.25, 0.3) is 0 Å². The molecule has 0 aromatic heterocycles. The molecule has 0 aliphatic carbocycles. The van der Waals surface area contributed by atoms with Crippen LogP contribution in [0.5, 0.6) is 0 Å². The fourth-order valence-corrected chi connectivity index (χ4v) is 3.26. The maximum atomic E-state index is 12.2. The van der Waals surface area contributed by atoms with E-state index in [-0.39, 0.29) is 12.0 Å². The summed E-state index contributed by atoms with van der Waals surface area (Å²) in [5, 5.41) is 13.4. The number of aliphatic hydroxyl groups excluding tert-OH is 1. The number of nitrogens with one attached hydrogen (secondary N) is 1. The van der Waals surface area contributed by atoms with Gasteiger partial charge in [0.1, 0.15) is 0 Å². The maximum Gasteiger partial charge on any atom is 0.253 e. The summed E-state index contributed by atoms with van der Waals surface area (Å²) in [4.78, 5) is 12.2. The van der Waals surface area contributed by atoms with Crippen molar-refractivity contribution in [2.75, 3.05) is 13.2 Å². The lowest BCUT2D eigenvalue weighted by Gasteiger charge is -2.20. The van der Waals surface area contributed by atoms with Gasteiger partial charge in [0.05, 0.1) is 6.10 Å². The second kappa shape index (κ2) is 7.79. The standard InChI is InChI=1S/C19H20ClNO3/c20-16-9-5-4-8-15(16)17(22)19(23)21-12-14-10-11-24-18(14)13-6-2-1-3-7-13/h1-9,14,17-18,22H,10-12H2,(H,21,23)/t14-,17-,18+/m1/s1. The summed E-state index contributed by atoms with van der Waals surface area (Å²) in [6, 6.07) is 16.8. The van der Waals surface area contributed by atoms with Crippen LogP contribution in [0.3, 0.4) is 0 Å². The molecule has 1 saturated heterocycles. The van der Waals surface area contributed by atoms with E-state index in [0.717, 1.165) is 12.0 Å². The van der Waals surface area contributed by atoms with Gasteiger partial charge in [-0.2, -0.15) is 0 Å². The first-order chi connectivity index (χ1) is 11.7. The highest BCUT2D eigenvalue weighted by Gasteiger charge is 2.30. The zero-order valence-corrected chi connectivity index (χ0v) is 13.9. The fourth-order valence-electron chi connectivity index (χ4n) is 3.02. The predicted molar refractivity (Wildman–Crippen MR) is 92.7 cm³/mol. The lowest BCUT2D eigenvalue weighted by atomic mass is 9.95. The number of aliphatic hydroxyl groups is 1. The third kappa shape index (κ3) is 3.78. The van der Waals surface area contributed by atoms with E-state index < -0.39 is 12.0 Å². The molecule has 2 aromatic rings. The molecule has 1 fully saturated rings. The van der Waals surface area contributed by atoms with Gasteiger partial charge in [-0.1, -0.05) is 60.1 Å². The Kier molecular flexibility index (Phi) is 5.51. The van der Waals surface area contributed by atoms with Crippen molar-refractivity contribution in [2.45, 2.75) is 18.6 Å². The molecule has 5 heteroatoms. The van der Waals surface area contributed by atoms with E-state index in [2.05, 4.69) is 5.32 Å². The Labute approximate surface area is 146 Å². The molecule has 2 aromatic carbocycles. The smallest absolute Gasteiger partial charge is 0.253 e. The number of hydrogen-bond donors (Lipinski definition) is 2. The van der Waals surface area contributed by atoms with E-state index in [1.807, 2.05) is 30.3 Å². The normalized spacial score (nSPS) is 21.4. The lowest BCUT2D eigenvalue weighted by Crippen LogP contribution is -2.34. The Balaban J connectivity index is 1.61. The van der Waals surface area contributed by atoms with Crippen molar-refractivity contribution in [3.63, 3.8) is 0 Å². The summed E-state index contributed by atoms with van der Waals surface area (Å²) >= 11 is 6.03. The van der Waals surface area contributed by atoms with E-state index in [1.54, 1.807) is 24.3 Å². The Morgan fingerprint density at radius 2 is 1.92 bits per heavy atom. The highest BCUT2D eigenvalue weighted by atomic mass is 35.5. The van der Waals surface area contributed by atoms with Gasteiger partial charge in [-0.3, -0.25) is 4.79 Å². The average molecular weight is 346 g/mol. The highest BCUT2D eigenvalue weighted by Crippen LogP contribution is 2.34. The number of benzene rings is 2. The fraction of sp³-hybridized carbons (Fsp3) is 0.316. The first kappa shape index (κ1) is 17.0. The highest BCUT2D eigenvalue weighted by molar-refractivity contribution is 6.31. The number of carbonyl (C=O) groups excluding carboxylic acids is 1. The average Bonchev–Trinajstić information content (AvgIpc) is 3.09. The molecule has 2 N–H and O–H groups in total. The summed E-state index contributed by atoms with van der Waals surface area (Å²) in [6.45, 7) is 1.13. The molecular weight excluding hydrogens is 326 g/mol. The largest absolute Gasteiger partial charge is 0.378 e. The molecule has 1 heterocycles. The summed E-state index contributed by atoms with van der Waals surface area (Å²) in [6.07, 6.45) is -0.415. The molecule has 126 valence electrons. The molecule has 3 atom stereocenters. The van der Waals surface area contributed by atoms with E-state index >= 15 is 0 Å². The molecule has 1 amide bonds. The minimum Gasteiger partial charge on any atom is -0.378 e.